The third-order valence-electron chi connectivity index (χ3n) is 4.14. The number of aliphatic hydroxyl groups excluding tert-OH is 1. The third kappa shape index (κ3) is 4.05. The molecule has 0 saturated heterocycles. The van der Waals surface area contributed by atoms with Gasteiger partial charge in [0.05, 0.1) is 12.2 Å². The number of nitrogens with one attached hydrogen (secondary N) is 1. The number of methoxy groups -OCH3 is 1. The topological polar surface area (TPSA) is 102 Å². The van der Waals surface area contributed by atoms with E-state index in [1.54, 1.807) is 31.4 Å². The first-order valence-corrected chi connectivity index (χ1v) is 7.38. The Balaban J connectivity index is 1.86. The molecular formula is C16H22N2O4. The van der Waals surface area contributed by atoms with Gasteiger partial charge in [-0.15, -0.1) is 0 Å². The zero-order valence-corrected chi connectivity index (χ0v) is 12.6. The van der Waals surface area contributed by atoms with E-state index in [9.17, 15) is 14.7 Å². The Morgan fingerprint density at radius 1 is 1.32 bits per heavy atom. The zero-order valence-electron chi connectivity index (χ0n) is 12.6. The van der Waals surface area contributed by atoms with Crippen LogP contribution in [0.3, 0.4) is 0 Å². The van der Waals surface area contributed by atoms with E-state index in [1.165, 1.54) is 0 Å². The zero-order chi connectivity index (χ0) is 16.1. The SMILES string of the molecule is CO[C@@H]1C[C@H](C(=O)NCc2ccc(C(N)=O)cc2)CC[C@@H]1O. The van der Waals surface area contributed by atoms with Gasteiger partial charge in [0.1, 0.15) is 0 Å². The van der Waals surface area contributed by atoms with Crippen LogP contribution < -0.4 is 11.1 Å². The van der Waals surface area contributed by atoms with E-state index in [4.69, 9.17) is 10.5 Å². The van der Waals surface area contributed by atoms with Crippen LogP contribution in [-0.4, -0.2) is 36.2 Å². The molecule has 0 aromatic heterocycles. The van der Waals surface area contributed by atoms with Gasteiger partial charge in [0.2, 0.25) is 11.8 Å². The predicted molar refractivity (Wildman–Crippen MR) is 81.0 cm³/mol. The predicted octanol–water partition coefficient (Wildman–Crippen LogP) is 0.578. The Kier molecular flexibility index (Phi) is 5.51. The van der Waals surface area contributed by atoms with Crippen molar-refractivity contribution in [2.24, 2.45) is 11.7 Å². The molecule has 0 heterocycles. The summed E-state index contributed by atoms with van der Waals surface area (Å²) in [5.41, 5.74) is 6.52. The molecule has 6 nitrogen and oxygen atoms in total. The lowest BCUT2D eigenvalue weighted by atomic mass is 9.84. The van der Waals surface area contributed by atoms with Gasteiger partial charge in [-0.2, -0.15) is 0 Å². The third-order valence-corrected chi connectivity index (χ3v) is 4.14. The molecule has 0 bridgehead atoms. The number of hydrogen-bond donors (Lipinski definition) is 3. The highest BCUT2D eigenvalue weighted by molar-refractivity contribution is 5.92. The Bertz CT molecular complexity index is 529. The van der Waals surface area contributed by atoms with Gasteiger partial charge in [-0.05, 0) is 37.0 Å². The molecule has 6 heteroatoms. The number of carbonyl (C=O) groups excluding carboxylic acids is 2. The molecule has 1 aliphatic rings. The maximum absolute atomic E-state index is 12.2. The van der Waals surface area contributed by atoms with Crippen LogP contribution in [0.5, 0.6) is 0 Å². The monoisotopic (exact) mass is 306 g/mol. The van der Waals surface area contributed by atoms with E-state index < -0.39 is 12.0 Å². The van der Waals surface area contributed by atoms with Crippen molar-refractivity contribution < 1.29 is 19.4 Å². The minimum atomic E-state index is -0.490. The summed E-state index contributed by atoms with van der Waals surface area (Å²) in [5.74, 6) is -0.645. The second-order valence-electron chi connectivity index (χ2n) is 5.63. The van der Waals surface area contributed by atoms with Crippen molar-refractivity contribution in [2.75, 3.05) is 7.11 Å². The summed E-state index contributed by atoms with van der Waals surface area (Å²) in [4.78, 5) is 23.2. The van der Waals surface area contributed by atoms with Gasteiger partial charge < -0.3 is 20.9 Å². The minimum absolute atomic E-state index is 0.0343. The number of rotatable bonds is 5. The minimum Gasteiger partial charge on any atom is -0.390 e. The number of benzene rings is 1. The van der Waals surface area contributed by atoms with E-state index >= 15 is 0 Å². The number of amides is 2. The number of carbonyl (C=O) groups is 2. The highest BCUT2D eigenvalue weighted by Gasteiger charge is 2.32. The molecule has 2 amide bonds. The Hall–Kier alpha value is -1.92. The molecule has 0 aliphatic heterocycles. The standard InChI is InChI=1S/C16H22N2O4/c1-22-14-8-12(6-7-13(14)19)16(21)18-9-10-2-4-11(5-3-10)15(17)20/h2-5,12-14,19H,6-9H2,1H3,(H2,17,20)(H,18,21)/t12-,13+,14-/m1/s1. The van der Waals surface area contributed by atoms with Crippen LogP contribution in [-0.2, 0) is 16.1 Å². The van der Waals surface area contributed by atoms with Gasteiger partial charge in [0.25, 0.3) is 0 Å². The first kappa shape index (κ1) is 16.5. The van der Waals surface area contributed by atoms with E-state index in [1.807, 2.05) is 0 Å². The summed E-state index contributed by atoms with van der Waals surface area (Å²) in [5, 5.41) is 12.6. The van der Waals surface area contributed by atoms with Crippen molar-refractivity contribution in [3.63, 3.8) is 0 Å². The molecule has 22 heavy (non-hydrogen) atoms. The fraction of sp³-hybridized carbons (Fsp3) is 0.500. The van der Waals surface area contributed by atoms with Gasteiger partial charge in [-0.3, -0.25) is 9.59 Å². The van der Waals surface area contributed by atoms with E-state index in [2.05, 4.69) is 5.32 Å². The molecule has 0 radical (unpaired) electrons. The van der Waals surface area contributed by atoms with E-state index in [0.29, 0.717) is 31.4 Å². The molecule has 1 fully saturated rings. The van der Waals surface area contributed by atoms with Crippen LogP contribution >= 0.6 is 0 Å². The second kappa shape index (κ2) is 7.38. The number of primary amides is 1. The maximum atomic E-state index is 12.2. The van der Waals surface area contributed by atoms with Gasteiger partial charge >= 0.3 is 0 Å². The van der Waals surface area contributed by atoms with Crippen LogP contribution in [0.2, 0.25) is 0 Å². The van der Waals surface area contributed by atoms with Crippen molar-refractivity contribution >= 4 is 11.8 Å². The van der Waals surface area contributed by atoms with Gasteiger partial charge in [0.15, 0.2) is 0 Å². The smallest absolute Gasteiger partial charge is 0.248 e. The van der Waals surface area contributed by atoms with Crippen molar-refractivity contribution in [2.45, 2.75) is 38.0 Å². The lowest BCUT2D eigenvalue weighted by Gasteiger charge is -2.31. The lowest BCUT2D eigenvalue weighted by molar-refractivity contribution is -0.130. The Labute approximate surface area is 129 Å². The molecule has 1 saturated carbocycles. The van der Waals surface area contributed by atoms with Crippen molar-refractivity contribution in [3.05, 3.63) is 35.4 Å². The molecule has 1 aromatic carbocycles. The van der Waals surface area contributed by atoms with Crippen LogP contribution in [0.1, 0.15) is 35.2 Å². The van der Waals surface area contributed by atoms with Crippen LogP contribution in [0.4, 0.5) is 0 Å². The molecule has 0 spiro atoms. The van der Waals surface area contributed by atoms with E-state index in [-0.39, 0.29) is 17.9 Å². The largest absolute Gasteiger partial charge is 0.390 e. The van der Waals surface area contributed by atoms with Gasteiger partial charge in [0, 0.05) is 25.1 Å². The molecule has 120 valence electrons. The first-order valence-electron chi connectivity index (χ1n) is 7.38. The summed E-state index contributed by atoms with van der Waals surface area (Å²) >= 11 is 0. The van der Waals surface area contributed by atoms with Gasteiger partial charge in [-0.1, -0.05) is 12.1 Å². The molecular weight excluding hydrogens is 284 g/mol. The number of ether oxygens (including phenoxy) is 1. The number of hydrogen-bond acceptors (Lipinski definition) is 4. The van der Waals surface area contributed by atoms with Crippen molar-refractivity contribution in [1.29, 1.82) is 0 Å². The molecule has 4 N–H and O–H groups in total. The fourth-order valence-electron chi connectivity index (χ4n) is 2.73. The maximum Gasteiger partial charge on any atom is 0.248 e. The Morgan fingerprint density at radius 2 is 2.00 bits per heavy atom. The van der Waals surface area contributed by atoms with Crippen LogP contribution in [0.15, 0.2) is 24.3 Å². The summed E-state index contributed by atoms with van der Waals surface area (Å²) in [6.07, 6.45) is 0.997. The average Bonchev–Trinajstić information content (AvgIpc) is 2.53. The van der Waals surface area contributed by atoms with Crippen molar-refractivity contribution in [1.82, 2.24) is 5.32 Å². The summed E-state index contributed by atoms with van der Waals surface area (Å²) in [7, 11) is 1.55. The molecule has 3 atom stereocenters. The normalized spacial score (nSPS) is 24.7. The molecule has 2 rings (SSSR count). The Morgan fingerprint density at radius 3 is 2.59 bits per heavy atom. The van der Waals surface area contributed by atoms with Crippen molar-refractivity contribution in [3.8, 4) is 0 Å². The molecule has 1 aromatic rings. The number of nitrogens with two attached hydrogens (primary N) is 1. The summed E-state index contributed by atoms with van der Waals surface area (Å²) < 4.78 is 5.21. The quantitative estimate of drug-likeness (QED) is 0.740. The first-order chi connectivity index (χ1) is 10.5. The molecule has 0 unspecified atom stereocenters. The highest BCUT2D eigenvalue weighted by atomic mass is 16.5. The summed E-state index contributed by atoms with van der Waals surface area (Å²) in [6, 6.07) is 6.81. The average molecular weight is 306 g/mol. The van der Waals surface area contributed by atoms with Crippen LogP contribution in [0, 0.1) is 5.92 Å². The fourth-order valence-corrected chi connectivity index (χ4v) is 2.73. The van der Waals surface area contributed by atoms with Gasteiger partial charge in [-0.25, -0.2) is 0 Å². The molecule has 1 aliphatic carbocycles. The highest BCUT2D eigenvalue weighted by Crippen LogP contribution is 2.26. The number of aliphatic hydroxyl groups is 1. The van der Waals surface area contributed by atoms with Crippen LogP contribution in [0.25, 0.3) is 0 Å². The summed E-state index contributed by atoms with van der Waals surface area (Å²) in [6.45, 7) is 0.397. The second-order valence-corrected chi connectivity index (χ2v) is 5.63. The lowest BCUT2D eigenvalue weighted by Crippen LogP contribution is -2.41. The van der Waals surface area contributed by atoms with E-state index in [0.717, 1.165) is 5.56 Å².